The van der Waals surface area contributed by atoms with Crippen molar-refractivity contribution in [2.24, 2.45) is 0 Å². The predicted molar refractivity (Wildman–Crippen MR) is 40.3 cm³/mol. The summed E-state index contributed by atoms with van der Waals surface area (Å²) in [4.78, 5) is 8.90. The molecule has 6 heteroatoms. The highest BCUT2D eigenvalue weighted by atomic mass is 19.4. The zero-order valence-corrected chi connectivity index (χ0v) is 6.82. The Morgan fingerprint density at radius 3 is 2.08 bits per heavy atom. The first-order valence-corrected chi connectivity index (χ1v) is 3.51. The highest BCUT2D eigenvalue weighted by molar-refractivity contribution is 5.73. The van der Waals surface area contributed by atoms with E-state index in [0.29, 0.717) is 0 Å². The molecule has 13 heavy (non-hydrogen) atoms. The fourth-order valence-corrected chi connectivity index (χ4v) is 0.619. The molecule has 1 heterocycles. The first kappa shape index (κ1) is 12.0. The number of carboxylic acids is 1. The van der Waals surface area contributed by atoms with E-state index in [1.807, 2.05) is 0 Å². The molecule has 0 aromatic heterocycles. The number of halogens is 3. The molecule has 3 nitrogen and oxygen atoms in total. The molecule has 0 radical (unpaired) electrons. The Morgan fingerprint density at radius 1 is 1.54 bits per heavy atom. The summed E-state index contributed by atoms with van der Waals surface area (Å²) < 4.78 is 31.7. The van der Waals surface area contributed by atoms with Crippen LogP contribution in [0.4, 0.5) is 13.2 Å². The number of carbonyl (C=O) groups is 1. The topological polar surface area (TPSA) is 49.3 Å². The zero-order chi connectivity index (χ0) is 10.5. The van der Waals surface area contributed by atoms with E-state index in [2.05, 4.69) is 11.9 Å². The molecule has 1 aliphatic heterocycles. The Kier molecular flexibility index (Phi) is 4.47. The van der Waals surface area contributed by atoms with Crippen LogP contribution in [0.1, 0.15) is 6.42 Å². The second kappa shape index (κ2) is 4.86. The van der Waals surface area contributed by atoms with Gasteiger partial charge in [0.15, 0.2) is 0 Å². The summed E-state index contributed by atoms with van der Waals surface area (Å²) in [6.07, 6.45) is -3.90. The molecule has 0 atom stereocenters. The number of alkyl halides is 3. The van der Waals surface area contributed by atoms with Crippen LogP contribution in [0, 0.1) is 0 Å². The average molecular weight is 197 g/mol. The second-order valence-corrected chi connectivity index (χ2v) is 2.48. The lowest BCUT2D eigenvalue weighted by atomic mass is 10.3. The summed E-state index contributed by atoms with van der Waals surface area (Å²) in [7, 11) is 0. The Morgan fingerprint density at radius 2 is 2.00 bits per heavy atom. The van der Waals surface area contributed by atoms with Gasteiger partial charge in [0, 0.05) is 6.54 Å². The van der Waals surface area contributed by atoms with Crippen molar-refractivity contribution in [3.63, 3.8) is 0 Å². The van der Waals surface area contributed by atoms with Crippen molar-refractivity contribution in [1.29, 1.82) is 0 Å². The van der Waals surface area contributed by atoms with Crippen molar-refractivity contribution in [2.75, 3.05) is 13.1 Å². The standard InChI is InChI=1S/C5H9N.C2HF3O2/c1-5-2-3-6-4-5;3-2(4,5)1(6)7/h6H,1-4H2;(H,6,7). The smallest absolute Gasteiger partial charge is 0.475 e. The largest absolute Gasteiger partial charge is 0.490 e. The van der Waals surface area contributed by atoms with Crippen LogP contribution in [0.15, 0.2) is 12.2 Å². The maximum atomic E-state index is 10.6. The molecule has 0 amide bonds. The number of nitrogens with one attached hydrogen (secondary N) is 1. The van der Waals surface area contributed by atoms with Gasteiger partial charge in [0.1, 0.15) is 0 Å². The van der Waals surface area contributed by atoms with Gasteiger partial charge in [-0.2, -0.15) is 13.2 Å². The van der Waals surface area contributed by atoms with Gasteiger partial charge in [0.25, 0.3) is 0 Å². The van der Waals surface area contributed by atoms with Crippen LogP contribution in [0.3, 0.4) is 0 Å². The highest BCUT2D eigenvalue weighted by Crippen LogP contribution is 2.13. The van der Waals surface area contributed by atoms with Crippen molar-refractivity contribution < 1.29 is 23.1 Å². The van der Waals surface area contributed by atoms with Crippen LogP contribution in [0.25, 0.3) is 0 Å². The van der Waals surface area contributed by atoms with Crippen LogP contribution >= 0.6 is 0 Å². The average Bonchev–Trinajstić information content (AvgIpc) is 2.38. The maximum Gasteiger partial charge on any atom is 0.490 e. The van der Waals surface area contributed by atoms with Crippen molar-refractivity contribution >= 4 is 5.97 Å². The number of carboxylic acid groups (broad SMARTS) is 1. The third-order valence-corrected chi connectivity index (χ3v) is 1.27. The van der Waals surface area contributed by atoms with Gasteiger partial charge < -0.3 is 10.4 Å². The number of aliphatic carboxylic acids is 1. The molecular weight excluding hydrogens is 187 g/mol. The van der Waals surface area contributed by atoms with E-state index >= 15 is 0 Å². The maximum absolute atomic E-state index is 10.6. The summed E-state index contributed by atoms with van der Waals surface area (Å²) in [5.41, 5.74) is 1.34. The minimum absolute atomic E-state index is 1.04. The molecule has 0 unspecified atom stereocenters. The zero-order valence-electron chi connectivity index (χ0n) is 6.82. The normalized spacial score (nSPS) is 16.4. The summed E-state index contributed by atoms with van der Waals surface area (Å²) in [6, 6.07) is 0. The minimum atomic E-state index is -5.08. The lowest BCUT2D eigenvalue weighted by Crippen LogP contribution is -2.21. The van der Waals surface area contributed by atoms with Gasteiger partial charge >= 0.3 is 12.1 Å². The van der Waals surface area contributed by atoms with Gasteiger partial charge in [-0.1, -0.05) is 12.2 Å². The van der Waals surface area contributed by atoms with Crippen molar-refractivity contribution in [3.8, 4) is 0 Å². The van der Waals surface area contributed by atoms with E-state index in [4.69, 9.17) is 9.90 Å². The molecular formula is C7H10F3NO2. The second-order valence-electron chi connectivity index (χ2n) is 2.48. The minimum Gasteiger partial charge on any atom is -0.475 e. The summed E-state index contributed by atoms with van der Waals surface area (Å²) in [5, 5.41) is 10.3. The van der Waals surface area contributed by atoms with Gasteiger partial charge in [0.05, 0.1) is 0 Å². The molecule has 0 aromatic rings. The Labute approximate surface area is 73.2 Å². The SMILES string of the molecule is C=C1CCNC1.O=C(O)C(F)(F)F. The van der Waals surface area contributed by atoms with Gasteiger partial charge in [0.2, 0.25) is 0 Å². The fourth-order valence-electron chi connectivity index (χ4n) is 0.619. The summed E-state index contributed by atoms with van der Waals surface area (Å²) in [5.74, 6) is -2.76. The van der Waals surface area contributed by atoms with Gasteiger partial charge in [-0.25, -0.2) is 4.79 Å². The lowest BCUT2D eigenvalue weighted by Gasteiger charge is -1.93. The molecule has 0 aliphatic carbocycles. The molecule has 1 saturated heterocycles. The fraction of sp³-hybridized carbons (Fsp3) is 0.571. The van der Waals surface area contributed by atoms with Gasteiger partial charge in [-0.05, 0) is 13.0 Å². The quantitative estimate of drug-likeness (QED) is 0.573. The van der Waals surface area contributed by atoms with Crippen molar-refractivity contribution in [2.45, 2.75) is 12.6 Å². The van der Waals surface area contributed by atoms with Crippen LogP contribution in [-0.4, -0.2) is 30.3 Å². The van der Waals surface area contributed by atoms with E-state index in [-0.39, 0.29) is 0 Å². The van der Waals surface area contributed by atoms with E-state index in [9.17, 15) is 13.2 Å². The van der Waals surface area contributed by atoms with Crippen LogP contribution in [-0.2, 0) is 4.79 Å². The Bertz CT molecular complexity index is 192. The van der Waals surface area contributed by atoms with Crippen molar-refractivity contribution in [1.82, 2.24) is 5.32 Å². The van der Waals surface area contributed by atoms with Crippen LogP contribution < -0.4 is 5.32 Å². The number of hydrogen-bond acceptors (Lipinski definition) is 2. The number of hydrogen-bond donors (Lipinski definition) is 2. The third kappa shape index (κ3) is 6.15. The Balaban J connectivity index is 0.000000223. The molecule has 1 fully saturated rings. The molecule has 0 saturated carbocycles. The molecule has 0 aromatic carbocycles. The molecule has 2 N–H and O–H groups in total. The summed E-state index contributed by atoms with van der Waals surface area (Å²) in [6.45, 7) is 5.97. The van der Waals surface area contributed by atoms with E-state index < -0.39 is 12.1 Å². The van der Waals surface area contributed by atoms with Crippen LogP contribution in [0.2, 0.25) is 0 Å². The van der Waals surface area contributed by atoms with E-state index in [0.717, 1.165) is 13.1 Å². The predicted octanol–water partition coefficient (Wildman–Crippen LogP) is 1.17. The van der Waals surface area contributed by atoms with Crippen LogP contribution in [0.5, 0.6) is 0 Å². The Hall–Kier alpha value is -1.04. The highest BCUT2D eigenvalue weighted by Gasteiger charge is 2.38. The molecule has 0 bridgehead atoms. The van der Waals surface area contributed by atoms with Crippen molar-refractivity contribution in [3.05, 3.63) is 12.2 Å². The lowest BCUT2D eigenvalue weighted by molar-refractivity contribution is -0.192. The summed E-state index contributed by atoms with van der Waals surface area (Å²) >= 11 is 0. The third-order valence-electron chi connectivity index (χ3n) is 1.27. The molecule has 1 rings (SSSR count). The van der Waals surface area contributed by atoms with Gasteiger partial charge in [-0.3, -0.25) is 0 Å². The molecule has 76 valence electrons. The number of rotatable bonds is 0. The monoisotopic (exact) mass is 197 g/mol. The first-order valence-electron chi connectivity index (χ1n) is 3.51. The van der Waals surface area contributed by atoms with E-state index in [1.54, 1.807) is 0 Å². The first-order chi connectivity index (χ1) is 5.84. The van der Waals surface area contributed by atoms with E-state index in [1.165, 1.54) is 12.0 Å². The molecule has 1 aliphatic rings. The van der Waals surface area contributed by atoms with Gasteiger partial charge in [-0.15, -0.1) is 0 Å². The molecule has 0 spiro atoms.